The summed E-state index contributed by atoms with van der Waals surface area (Å²) in [6.07, 6.45) is 0. The van der Waals surface area contributed by atoms with Crippen LogP contribution < -0.4 is 5.32 Å². The maximum Gasteiger partial charge on any atom is 0.243 e. The van der Waals surface area contributed by atoms with Crippen molar-refractivity contribution >= 4 is 21.7 Å². The normalized spacial score (nSPS) is 17.9. The van der Waals surface area contributed by atoms with Crippen LogP contribution >= 0.6 is 0 Å². The van der Waals surface area contributed by atoms with E-state index in [1.54, 1.807) is 0 Å². The summed E-state index contributed by atoms with van der Waals surface area (Å²) < 4.78 is 26.9. The molecule has 2 rings (SSSR count). The number of ketones is 1. The first kappa shape index (κ1) is 19.6. The second kappa shape index (κ2) is 8.07. The van der Waals surface area contributed by atoms with E-state index in [1.165, 1.54) is 35.5 Å². The SMILES string of the molecule is CCNC(=O)[C@@H](C)N1CCN(S(=O)(=O)c2ccc(C(C)=O)cc2)CC1. The Morgan fingerprint density at radius 1 is 1.12 bits per heavy atom. The molecule has 1 aliphatic heterocycles. The Balaban J connectivity index is 2.03. The van der Waals surface area contributed by atoms with Crippen LogP contribution in [0.15, 0.2) is 29.2 Å². The van der Waals surface area contributed by atoms with Crippen molar-refractivity contribution in [2.45, 2.75) is 31.7 Å². The van der Waals surface area contributed by atoms with E-state index in [0.29, 0.717) is 38.3 Å². The molecule has 1 fully saturated rings. The Kier molecular flexibility index (Phi) is 6.31. The van der Waals surface area contributed by atoms with Gasteiger partial charge in [0, 0.05) is 38.3 Å². The predicted octanol–water partition coefficient (Wildman–Crippen LogP) is 0.720. The summed E-state index contributed by atoms with van der Waals surface area (Å²) in [6.45, 7) is 7.39. The number of benzene rings is 1. The Labute approximate surface area is 149 Å². The van der Waals surface area contributed by atoms with Crippen molar-refractivity contribution in [3.05, 3.63) is 29.8 Å². The number of Topliss-reactive ketones (excluding diaryl/α,β-unsaturated/α-hetero) is 1. The fraction of sp³-hybridized carbons (Fsp3) is 0.529. The molecule has 1 N–H and O–H groups in total. The molecule has 138 valence electrons. The third-order valence-corrected chi connectivity index (χ3v) is 6.36. The molecule has 1 atom stereocenters. The zero-order valence-electron chi connectivity index (χ0n) is 14.9. The average Bonchev–Trinajstić information content (AvgIpc) is 2.61. The Bertz CT molecular complexity index is 723. The van der Waals surface area contributed by atoms with Crippen LogP contribution in [0, 0.1) is 0 Å². The summed E-state index contributed by atoms with van der Waals surface area (Å²) in [6, 6.07) is 5.72. The molecule has 0 bridgehead atoms. The van der Waals surface area contributed by atoms with Gasteiger partial charge in [-0.2, -0.15) is 4.31 Å². The van der Waals surface area contributed by atoms with Gasteiger partial charge >= 0.3 is 0 Å². The van der Waals surface area contributed by atoms with Gasteiger partial charge in [-0.1, -0.05) is 12.1 Å². The molecule has 1 aliphatic rings. The van der Waals surface area contributed by atoms with Crippen LogP contribution in [0.5, 0.6) is 0 Å². The lowest BCUT2D eigenvalue weighted by atomic mass is 10.2. The van der Waals surface area contributed by atoms with E-state index in [9.17, 15) is 18.0 Å². The third-order valence-electron chi connectivity index (χ3n) is 4.45. The highest BCUT2D eigenvalue weighted by Gasteiger charge is 2.31. The highest BCUT2D eigenvalue weighted by atomic mass is 32.2. The number of amides is 1. The minimum absolute atomic E-state index is 0.0429. The predicted molar refractivity (Wildman–Crippen MR) is 94.9 cm³/mol. The van der Waals surface area contributed by atoms with Crippen LogP contribution in [0.2, 0.25) is 0 Å². The minimum atomic E-state index is -3.59. The summed E-state index contributed by atoms with van der Waals surface area (Å²) in [4.78, 5) is 25.4. The van der Waals surface area contributed by atoms with Crippen molar-refractivity contribution < 1.29 is 18.0 Å². The molecule has 1 aromatic carbocycles. The number of nitrogens with one attached hydrogen (secondary N) is 1. The summed E-state index contributed by atoms with van der Waals surface area (Å²) in [5, 5.41) is 2.78. The van der Waals surface area contributed by atoms with Gasteiger partial charge in [-0.05, 0) is 32.9 Å². The topological polar surface area (TPSA) is 86.8 Å². The number of nitrogens with zero attached hydrogens (tertiary/aromatic N) is 2. The Morgan fingerprint density at radius 2 is 1.68 bits per heavy atom. The van der Waals surface area contributed by atoms with Gasteiger partial charge in [-0.25, -0.2) is 8.42 Å². The lowest BCUT2D eigenvalue weighted by Crippen LogP contribution is -2.54. The van der Waals surface area contributed by atoms with E-state index >= 15 is 0 Å². The Morgan fingerprint density at radius 3 is 2.16 bits per heavy atom. The molecule has 1 amide bonds. The van der Waals surface area contributed by atoms with Gasteiger partial charge < -0.3 is 5.32 Å². The molecule has 1 saturated heterocycles. The van der Waals surface area contributed by atoms with Gasteiger partial charge in [0.25, 0.3) is 0 Å². The van der Waals surface area contributed by atoms with Gasteiger partial charge in [0.2, 0.25) is 15.9 Å². The molecule has 0 spiro atoms. The summed E-state index contributed by atoms with van der Waals surface area (Å²) >= 11 is 0. The molecule has 1 heterocycles. The van der Waals surface area contributed by atoms with E-state index < -0.39 is 10.0 Å². The summed E-state index contributed by atoms with van der Waals surface area (Å²) in [7, 11) is -3.59. The van der Waals surface area contributed by atoms with Crippen LogP contribution in [-0.4, -0.2) is 68.1 Å². The van der Waals surface area contributed by atoms with Crippen LogP contribution in [0.1, 0.15) is 31.1 Å². The molecule has 0 unspecified atom stereocenters. The highest BCUT2D eigenvalue weighted by molar-refractivity contribution is 7.89. The van der Waals surface area contributed by atoms with Crippen molar-refractivity contribution in [3.8, 4) is 0 Å². The molecule has 1 aromatic rings. The summed E-state index contributed by atoms with van der Waals surface area (Å²) in [5.41, 5.74) is 0.486. The number of hydrogen-bond donors (Lipinski definition) is 1. The molecule has 0 radical (unpaired) electrons. The van der Waals surface area contributed by atoms with Crippen LogP contribution in [0.3, 0.4) is 0 Å². The number of piperazine rings is 1. The van der Waals surface area contributed by atoms with Crippen molar-refractivity contribution in [2.75, 3.05) is 32.7 Å². The zero-order chi connectivity index (χ0) is 18.6. The first-order valence-corrected chi connectivity index (χ1v) is 9.84. The van der Waals surface area contributed by atoms with Gasteiger partial charge in [-0.3, -0.25) is 14.5 Å². The number of likely N-dealkylation sites (N-methyl/N-ethyl adjacent to an activating group) is 1. The number of sulfonamides is 1. The largest absolute Gasteiger partial charge is 0.355 e. The van der Waals surface area contributed by atoms with E-state index in [4.69, 9.17) is 0 Å². The van der Waals surface area contributed by atoms with Gasteiger partial charge in [0.05, 0.1) is 10.9 Å². The van der Waals surface area contributed by atoms with E-state index in [1.807, 2.05) is 18.7 Å². The van der Waals surface area contributed by atoms with Crippen molar-refractivity contribution in [3.63, 3.8) is 0 Å². The first-order chi connectivity index (χ1) is 11.8. The smallest absolute Gasteiger partial charge is 0.243 e. The van der Waals surface area contributed by atoms with E-state index in [2.05, 4.69) is 5.32 Å². The zero-order valence-corrected chi connectivity index (χ0v) is 15.7. The number of rotatable bonds is 6. The van der Waals surface area contributed by atoms with Crippen molar-refractivity contribution in [1.82, 2.24) is 14.5 Å². The highest BCUT2D eigenvalue weighted by Crippen LogP contribution is 2.19. The molecule has 0 aliphatic carbocycles. The van der Waals surface area contributed by atoms with Gasteiger partial charge in [0.15, 0.2) is 5.78 Å². The van der Waals surface area contributed by atoms with Crippen molar-refractivity contribution in [1.29, 1.82) is 0 Å². The molecule has 8 heteroatoms. The second-order valence-electron chi connectivity index (χ2n) is 6.09. The fourth-order valence-corrected chi connectivity index (χ4v) is 4.25. The van der Waals surface area contributed by atoms with Gasteiger partial charge in [-0.15, -0.1) is 0 Å². The monoisotopic (exact) mass is 367 g/mol. The first-order valence-electron chi connectivity index (χ1n) is 8.40. The minimum Gasteiger partial charge on any atom is -0.355 e. The lowest BCUT2D eigenvalue weighted by Gasteiger charge is -2.36. The maximum atomic E-state index is 12.7. The standard InChI is InChI=1S/C17H25N3O4S/c1-4-18-17(22)13(2)19-9-11-20(12-10-19)25(23,24)16-7-5-15(6-8-16)14(3)21/h5-8,13H,4,9-12H2,1-3H3,(H,18,22)/t13-/m1/s1. The molecule has 0 saturated carbocycles. The van der Waals surface area contributed by atoms with E-state index in [0.717, 1.165) is 0 Å². The van der Waals surface area contributed by atoms with Crippen LogP contribution in [-0.2, 0) is 14.8 Å². The third kappa shape index (κ3) is 4.45. The molecule has 0 aromatic heterocycles. The number of carbonyl (C=O) groups is 2. The number of carbonyl (C=O) groups excluding carboxylic acids is 2. The quantitative estimate of drug-likeness (QED) is 0.749. The maximum absolute atomic E-state index is 12.7. The fourth-order valence-electron chi connectivity index (χ4n) is 2.83. The second-order valence-corrected chi connectivity index (χ2v) is 8.03. The number of hydrogen-bond acceptors (Lipinski definition) is 5. The van der Waals surface area contributed by atoms with Crippen molar-refractivity contribution in [2.24, 2.45) is 0 Å². The Hall–Kier alpha value is -1.77. The summed E-state index contributed by atoms with van der Waals surface area (Å²) in [5.74, 6) is -0.143. The van der Waals surface area contributed by atoms with Crippen LogP contribution in [0.4, 0.5) is 0 Å². The van der Waals surface area contributed by atoms with Gasteiger partial charge in [0.1, 0.15) is 0 Å². The molecular formula is C17H25N3O4S. The lowest BCUT2D eigenvalue weighted by molar-refractivity contribution is -0.126. The molecular weight excluding hydrogens is 342 g/mol. The average molecular weight is 367 g/mol. The molecule has 7 nitrogen and oxygen atoms in total. The van der Waals surface area contributed by atoms with E-state index in [-0.39, 0.29) is 22.6 Å². The van der Waals surface area contributed by atoms with Crippen LogP contribution in [0.25, 0.3) is 0 Å². The molecule has 25 heavy (non-hydrogen) atoms.